The molecule has 1 aliphatic heterocycles. The molecule has 2 aliphatic carbocycles. The number of rotatable bonds is 16. The van der Waals surface area contributed by atoms with Crippen molar-refractivity contribution in [2.75, 3.05) is 74.5 Å². The van der Waals surface area contributed by atoms with E-state index < -0.39 is 7.60 Å². The highest BCUT2D eigenvalue weighted by molar-refractivity contribution is 7.51. The molecule has 1 unspecified atom stereocenters. The summed E-state index contributed by atoms with van der Waals surface area (Å²) in [5.74, 6) is 2.64. The molecule has 1 saturated heterocycles. The lowest BCUT2D eigenvalue weighted by atomic mass is 9.82. The summed E-state index contributed by atoms with van der Waals surface area (Å²) in [6, 6.07) is 11.0. The van der Waals surface area contributed by atoms with Gasteiger partial charge in [-0.3, -0.25) is 9.46 Å². The Labute approximate surface area is 274 Å². The van der Waals surface area contributed by atoms with Crippen LogP contribution in [0.1, 0.15) is 82.2 Å². The van der Waals surface area contributed by atoms with E-state index >= 15 is 0 Å². The van der Waals surface area contributed by atoms with Crippen molar-refractivity contribution < 1.29 is 14.4 Å². The van der Waals surface area contributed by atoms with Crippen LogP contribution < -0.4 is 26.6 Å². The van der Waals surface area contributed by atoms with E-state index in [4.69, 9.17) is 10.7 Å². The van der Waals surface area contributed by atoms with Crippen LogP contribution in [-0.4, -0.2) is 94.2 Å². The van der Waals surface area contributed by atoms with Crippen molar-refractivity contribution in [2.24, 2.45) is 11.8 Å². The molecular formula is C33H56N9O3P. The smallest absolute Gasteiger partial charge is 0.325 e. The largest absolute Gasteiger partial charge is 0.368 e. The molecule has 3 fully saturated rings. The van der Waals surface area contributed by atoms with E-state index in [-0.39, 0.29) is 18.2 Å². The first-order valence-corrected chi connectivity index (χ1v) is 19.4. The second kappa shape index (κ2) is 17.7. The fourth-order valence-corrected chi connectivity index (χ4v) is 7.90. The van der Waals surface area contributed by atoms with Gasteiger partial charge in [0.2, 0.25) is 17.8 Å². The Kier molecular flexibility index (Phi) is 13.5. The standard InChI is InChI=1S/C33H56N9O3P/c34-31-38-32(37-24-27-15-13-26(14-16-27)23-35-17-7-18-36-29-11-5-2-6-12-29)40-33(39-31)42-21-20-41(19-8-22-46(43,44)45)30(25-42)28-9-3-1-4-10-28/h1,3-4,9-10,26-27,29-30,35-36H,2,5-8,11-25H2,(H2,43,44,45)(H3,34,37,38,39,40)/t26-,27-,30?. The fourth-order valence-electron chi connectivity index (χ4n) is 7.35. The van der Waals surface area contributed by atoms with Gasteiger partial charge >= 0.3 is 7.60 Å². The number of aromatic nitrogens is 3. The van der Waals surface area contributed by atoms with E-state index in [0.717, 1.165) is 50.2 Å². The van der Waals surface area contributed by atoms with Gasteiger partial charge in [0, 0.05) is 32.2 Å². The first-order chi connectivity index (χ1) is 22.3. The second-order valence-corrected chi connectivity index (χ2v) is 15.4. The summed E-state index contributed by atoms with van der Waals surface area (Å²) < 4.78 is 11.4. The maximum atomic E-state index is 11.4. The van der Waals surface area contributed by atoms with E-state index in [1.165, 1.54) is 64.2 Å². The first-order valence-electron chi connectivity index (χ1n) is 17.6. The zero-order valence-electron chi connectivity index (χ0n) is 27.4. The molecule has 0 amide bonds. The molecule has 0 spiro atoms. The maximum absolute atomic E-state index is 11.4. The van der Waals surface area contributed by atoms with Gasteiger partial charge in [0.1, 0.15) is 0 Å². The zero-order chi connectivity index (χ0) is 32.2. The number of nitrogen functional groups attached to an aromatic ring is 1. The highest BCUT2D eigenvalue weighted by atomic mass is 31.2. The van der Waals surface area contributed by atoms with E-state index in [9.17, 15) is 14.4 Å². The predicted molar refractivity (Wildman–Crippen MR) is 185 cm³/mol. The molecule has 12 nitrogen and oxygen atoms in total. The molecule has 3 aliphatic rings. The molecule has 2 saturated carbocycles. The summed E-state index contributed by atoms with van der Waals surface area (Å²) >= 11 is 0. The molecule has 46 heavy (non-hydrogen) atoms. The normalized spacial score (nSPS) is 23.4. The van der Waals surface area contributed by atoms with Crippen LogP contribution in [0.5, 0.6) is 0 Å². The van der Waals surface area contributed by atoms with Crippen molar-refractivity contribution in [3.05, 3.63) is 35.9 Å². The molecule has 5 rings (SSSR count). The maximum Gasteiger partial charge on any atom is 0.325 e. The Hall–Kier alpha value is -2.34. The van der Waals surface area contributed by atoms with E-state index in [0.29, 0.717) is 43.9 Å². The summed E-state index contributed by atoms with van der Waals surface area (Å²) in [5, 5.41) is 10.9. The minimum Gasteiger partial charge on any atom is -0.368 e. The third-order valence-electron chi connectivity index (χ3n) is 10.0. The zero-order valence-corrected chi connectivity index (χ0v) is 28.3. The van der Waals surface area contributed by atoms with Gasteiger partial charge in [0.15, 0.2) is 0 Å². The van der Waals surface area contributed by atoms with Crippen molar-refractivity contribution >= 4 is 25.4 Å². The minimum atomic E-state index is -4.02. The van der Waals surface area contributed by atoms with Crippen LogP contribution >= 0.6 is 7.60 Å². The van der Waals surface area contributed by atoms with Crippen LogP contribution in [0.15, 0.2) is 30.3 Å². The molecule has 0 bridgehead atoms. The van der Waals surface area contributed by atoms with Crippen molar-refractivity contribution in [2.45, 2.75) is 82.7 Å². The highest BCUT2D eigenvalue weighted by Gasteiger charge is 2.30. The minimum absolute atomic E-state index is 0.0454. The predicted octanol–water partition coefficient (Wildman–Crippen LogP) is 4.01. The summed E-state index contributed by atoms with van der Waals surface area (Å²) in [6.45, 7) is 6.86. The molecule has 1 atom stereocenters. The van der Waals surface area contributed by atoms with Crippen molar-refractivity contribution in [3.8, 4) is 0 Å². The number of piperazine rings is 1. The van der Waals surface area contributed by atoms with Crippen LogP contribution in [0.4, 0.5) is 17.8 Å². The molecule has 13 heteroatoms. The monoisotopic (exact) mass is 657 g/mol. The second-order valence-electron chi connectivity index (χ2n) is 13.6. The highest BCUT2D eigenvalue weighted by Crippen LogP contribution is 2.36. The van der Waals surface area contributed by atoms with Gasteiger partial charge in [-0.15, -0.1) is 0 Å². The van der Waals surface area contributed by atoms with Gasteiger partial charge in [-0.1, -0.05) is 49.6 Å². The van der Waals surface area contributed by atoms with E-state index in [1.807, 2.05) is 18.2 Å². The lowest BCUT2D eigenvalue weighted by molar-refractivity contribution is 0.176. The summed E-state index contributed by atoms with van der Waals surface area (Å²) in [7, 11) is -4.02. The quantitative estimate of drug-likeness (QED) is 0.114. The number of hydrogen-bond acceptors (Lipinski definition) is 10. The average Bonchev–Trinajstić information content (AvgIpc) is 3.06. The van der Waals surface area contributed by atoms with Crippen LogP contribution in [0.25, 0.3) is 0 Å². The molecule has 1 aromatic carbocycles. The number of nitrogens with one attached hydrogen (secondary N) is 3. The summed E-state index contributed by atoms with van der Waals surface area (Å²) in [4.78, 5) is 36.8. The summed E-state index contributed by atoms with van der Waals surface area (Å²) in [5.41, 5.74) is 7.32. The molecule has 2 heterocycles. The Morgan fingerprint density at radius 3 is 2.35 bits per heavy atom. The molecule has 0 radical (unpaired) electrons. The third kappa shape index (κ3) is 11.4. The van der Waals surface area contributed by atoms with Gasteiger partial charge in [0.25, 0.3) is 0 Å². The van der Waals surface area contributed by atoms with Crippen LogP contribution in [-0.2, 0) is 4.57 Å². The van der Waals surface area contributed by atoms with Crippen LogP contribution in [0, 0.1) is 11.8 Å². The Morgan fingerprint density at radius 2 is 1.61 bits per heavy atom. The average molecular weight is 658 g/mol. The topological polar surface area (TPSA) is 165 Å². The van der Waals surface area contributed by atoms with Gasteiger partial charge in [0.05, 0.1) is 12.2 Å². The van der Waals surface area contributed by atoms with Crippen LogP contribution in [0.3, 0.4) is 0 Å². The van der Waals surface area contributed by atoms with Crippen molar-refractivity contribution in [1.82, 2.24) is 30.5 Å². The lowest BCUT2D eigenvalue weighted by Crippen LogP contribution is -2.49. The SMILES string of the molecule is Nc1nc(NC[C@H]2CC[C@H](CNCCCNC3CCCCC3)CC2)nc(N2CCN(CCCP(=O)(O)O)C(c3ccccc3)C2)n1. The van der Waals surface area contributed by atoms with E-state index in [1.54, 1.807) is 0 Å². The van der Waals surface area contributed by atoms with Crippen LogP contribution in [0.2, 0.25) is 0 Å². The van der Waals surface area contributed by atoms with Gasteiger partial charge in [-0.25, -0.2) is 0 Å². The Bertz CT molecular complexity index is 1220. The number of anilines is 3. The van der Waals surface area contributed by atoms with Crippen molar-refractivity contribution in [3.63, 3.8) is 0 Å². The Balaban J connectivity index is 1.05. The molecule has 1 aromatic heterocycles. The van der Waals surface area contributed by atoms with Crippen molar-refractivity contribution in [1.29, 1.82) is 0 Å². The van der Waals surface area contributed by atoms with Gasteiger partial charge in [-0.2, -0.15) is 15.0 Å². The third-order valence-corrected chi connectivity index (χ3v) is 10.9. The molecule has 7 N–H and O–H groups in total. The molecule has 256 valence electrons. The lowest BCUT2D eigenvalue weighted by Gasteiger charge is -2.41. The number of nitrogens with two attached hydrogens (primary N) is 1. The number of nitrogens with zero attached hydrogens (tertiary/aromatic N) is 5. The Morgan fingerprint density at radius 1 is 0.870 bits per heavy atom. The fraction of sp³-hybridized carbons (Fsp3) is 0.727. The summed E-state index contributed by atoms with van der Waals surface area (Å²) in [6.07, 6.45) is 13.4. The molecular weight excluding hydrogens is 601 g/mol. The number of benzene rings is 1. The first kappa shape index (κ1) is 35.0. The number of hydrogen-bond donors (Lipinski definition) is 6. The van der Waals surface area contributed by atoms with Gasteiger partial charge < -0.3 is 36.4 Å². The van der Waals surface area contributed by atoms with Gasteiger partial charge in [-0.05, 0) is 94.9 Å². The molecule has 2 aromatic rings. The van der Waals surface area contributed by atoms with E-state index in [2.05, 4.69) is 47.9 Å².